The van der Waals surface area contributed by atoms with Crippen LogP contribution in [0.1, 0.15) is 31.0 Å². The van der Waals surface area contributed by atoms with Crippen LogP contribution in [0, 0.1) is 0 Å². The maximum absolute atomic E-state index is 12.5. The monoisotopic (exact) mass is 283 g/mol. The lowest BCUT2D eigenvalue weighted by molar-refractivity contribution is 0.413. The van der Waals surface area contributed by atoms with Crippen LogP contribution in [0.25, 0.3) is 0 Å². The van der Waals surface area contributed by atoms with E-state index in [4.69, 9.17) is 4.74 Å². The van der Waals surface area contributed by atoms with Crippen LogP contribution < -0.4 is 10.1 Å². The Morgan fingerprint density at radius 3 is 2.58 bits per heavy atom. The molecule has 0 amide bonds. The van der Waals surface area contributed by atoms with Gasteiger partial charge in [-0.1, -0.05) is 6.07 Å². The zero-order chi connectivity index (χ0) is 14.2. The molecule has 0 fully saturated rings. The predicted octanol–water partition coefficient (Wildman–Crippen LogP) is 1.70. The van der Waals surface area contributed by atoms with Crippen molar-refractivity contribution in [3.8, 4) is 5.75 Å². The highest BCUT2D eigenvalue weighted by Crippen LogP contribution is 2.38. The van der Waals surface area contributed by atoms with Crippen molar-refractivity contribution < 1.29 is 13.2 Å². The van der Waals surface area contributed by atoms with Gasteiger partial charge in [0.25, 0.3) is 0 Å². The van der Waals surface area contributed by atoms with E-state index in [1.54, 1.807) is 21.0 Å². The van der Waals surface area contributed by atoms with E-state index in [0.717, 1.165) is 16.9 Å². The van der Waals surface area contributed by atoms with Crippen molar-refractivity contribution in [2.24, 2.45) is 0 Å². The number of hydrogen-bond donors (Lipinski definition) is 1. The van der Waals surface area contributed by atoms with Crippen molar-refractivity contribution in [1.29, 1.82) is 0 Å². The third-order valence-corrected chi connectivity index (χ3v) is 6.47. The Morgan fingerprint density at radius 1 is 1.37 bits per heavy atom. The second kappa shape index (κ2) is 5.13. The van der Waals surface area contributed by atoms with Gasteiger partial charge in [0.1, 0.15) is 5.75 Å². The lowest BCUT2D eigenvalue weighted by atomic mass is 10.1. The number of sulfone groups is 1. The second-order valence-corrected chi connectivity index (χ2v) is 7.94. The van der Waals surface area contributed by atoms with Gasteiger partial charge in [-0.3, -0.25) is 0 Å². The average molecular weight is 283 g/mol. The molecule has 2 unspecified atom stereocenters. The Morgan fingerprint density at radius 2 is 2.05 bits per heavy atom. The number of hydrogen-bond acceptors (Lipinski definition) is 4. The maximum atomic E-state index is 12.5. The molecule has 0 aliphatic heterocycles. The van der Waals surface area contributed by atoms with Gasteiger partial charge in [-0.25, -0.2) is 8.42 Å². The molecule has 0 radical (unpaired) electrons. The fourth-order valence-electron chi connectivity index (χ4n) is 2.71. The number of methoxy groups -OCH3 is 1. The summed E-state index contributed by atoms with van der Waals surface area (Å²) in [7, 11) is 0.298. The first kappa shape index (κ1) is 14.3. The van der Waals surface area contributed by atoms with Crippen LogP contribution in [0.4, 0.5) is 0 Å². The lowest BCUT2D eigenvalue weighted by Gasteiger charge is -2.22. The van der Waals surface area contributed by atoms with E-state index in [2.05, 4.69) is 5.32 Å². The van der Waals surface area contributed by atoms with Crippen LogP contribution in [0.5, 0.6) is 5.75 Å². The fraction of sp³-hybridized carbons (Fsp3) is 0.571. The van der Waals surface area contributed by atoms with Gasteiger partial charge < -0.3 is 10.1 Å². The highest BCUT2D eigenvalue weighted by molar-refractivity contribution is 7.92. The van der Waals surface area contributed by atoms with Crippen LogP contribution in [0.15, 0.2) is 18.2 Å². The Hall–Kier alpha value is -1.07. The van der Waals surface area contributed by atoms with E-state index >= 15 is 0 Å². The molecule has 1 aliphatic carbocycles. The van der Waals surface area contributed by atoms with E-state index in [1.807, 2.05) is 25.2 Å². The number of ether oxygens (including phenoxy) is 1. The molecule has 0 saturated heterocycles. The summed E-state index contributed by atoms with van der Waals surface area (Å²) in [6.07, 6.45) is 0.575. The summed E-state index contributed by atoms with van der Waals surface area (Å²) in [4.78, 5) is 0. The van der Waals surface area contributed by atoms with Crippen molar-refractivity contribution in [2.45, 2.75) is 36.8 Å². The highest BCUT2D eigenvalue weighted by atomic mass is 32.2. The first-order valence-electron chi connectivity index (χ1n) is 6.48. The minimum atomic E-state index is -3.13. The first-order chi connectivity index (χ1) is 8.91. The van der Waals surface area contributed by atoms with E-state index in [-0.39, 0.29) is 16.5 Å². The molecule has 1 aromatic rings. The molecule has 4 nitrogen and oxygen atoms in total. The summed E-state index contributed by atoms with van der Waals surface area (Å²) >= 11 is 0. The standard InChI is InChI=1S/C14H21NO3S/c1-9(2)19(16,17)13-7-10-5-6-11(18-4)8-12(10)14(13)15-3/h5-6,8-9,13-15H,7H2,1-4H3. The molecule has 0 aromatic heterocycles. The van der Waals surface area contributed by atoms with Crippen LogP contribution >= 0.6 is 0 Å². The van der Waals surface area contributed by atoms with Crippen LogP contribution in [0.3, 0.4) is 0 Å². The van der Waals surface area contributed by atoms with E-state index < -0.39 is 9.84 Å². The quantitative estimate of drug-likeness (QED) is 0.914. The Kier molecular flexibility index (Phi) is 3.87. The lowest BCUT2D eigenvalue weighted by Crippen LogP contribution is -2.36. The summed E-state index contributed by atoms with van der Waals surface area (Å²) < 4.78 is 30.1. The molecule has 1 aliphatic rings. The molecule has 106 valence electrons. The third kappa shape index (κ3) is 2.37. The minimum absolute atomic E-state index is 0.155. The second-order valence-electron chi connectivity index (χ2n) is 5.21. The van der Waals surface area contributed by atoms with E-state index in [9.17, 15) is 8.42 Å². The van der Waals surface area contributed by atoms with Crippen LogP contribution in [0.2, 0.25) is 0 Å². The van der Waals surface area contributed by atoms with Crippen molar-refractivity contribution >= 4 is 9.84 Å². The minimum Gasteiger partial charge on any atom is -0.497 e. The highest BCUT2D eigenvalue weighted by Gasteiger charge is 2.41. The summed E-state index contributed by atoms with van der Waals surface area (Å²) in [5, 5.41) is 2.40. The number of benzene rings is 1. The molecule has 0 heterocycles. The third-order valence-electron chi connectivity index (χ3n) is 3.87. The molecule has 0 saturated carbocycles. The van der Waals surface area contributed by atoms with E-state index in [1.165, 1.54) is 0 Å². The number of fused-ring (bicyclic) bond motifs is 1. The Labute approximate surface area is 115 Å². The summed E-state index contributed by atoms with van der Waals surface area (Å²) in [6.45, 7) is 3.48. The topological polar surface area (TPSA) is 55.4 Å². The molecule has 2 rings (SSSR count). The molecule has 5 heteroatoms. The van der Waals surface area contributed by atoms with Crippen LogP contribution in [-0.4, -0.2) is 33.1 Å². The van der Waals surface area contributed by atoms with Gasteiger partial charge in [-0.2, -0.15) is 0 Å². The predicted molar refractivity (Wildman–Crippen MR) is 76.3 cm³/mol. The molecule has 0 bridgehead atoms. The molecule has 0 spiro atoms. The zero-order valence-electron chi connectivity index (χ0n) is 11.8. The van der Waals surface area contributed by atoms with Gasteiger partial charge >= 0.3 is 0 Å². The van der Waals surface area contributed by atoms with Gasteiger partial charge in [0.2, 0.25) is 0 Å². The Bertz CT molecular complexity index is 566. The summed E-state index contributed by atoms with van der Waals surface area (Å²) in [5.74, 6) is 0.765. The van der Waals surface area contributed by atoms with E-state index in [0.29, 0.717) is 6.42 Å². The Balaban J connectivity index is 2.44. The van der Waals surface area contributed by atoms with Crippen molar-refractivity contribution in [3.05, 3.63) is 29.3 Å². The SMILES string of the molecule is CNC1c2cc(OC)ccc2CC1S(=O)(=O)C(C)C. The van der Waals surface area contributed by atoms with Crippen molar-refractivity contribution in [2.75, 3.05) is 14.2 Å². The normalized spacial score (nSPS) is 22.6. The fourth-order valence-corrected chi connectivity index (χ4v) is 4.48. The number of nitrogens with one attached hydrogen (secondary N) is 1. The molecule has 2 atom stereocenters. The maximum Gasteiger partial charge on any atom is 0.157 e. The van der Waals surface area contributed by atoms with Gasteiger partial charge in [-0.15, -0.1) is 0 Å². The van der Waals surface area contributed by atoms with Crippen molar-refractivity contribution in [3.63, 3.8) is 0 Å². The molecule has 1 aromatic carbocycles. The number of rotatable bonds is 4. The molecule has 1 N–H and O–H groups in total. The van der Waals surface area contributed by atoms with Gasteiger partial charge in [-0.05, 0) is 50.6 Å². The summed E-state index contributed by atoms with van der Waals surface area (Å²) in [5.41, 5.74) is 2.13. The van der Waals surface area contributed by atoms with Gasteiger partial charge in [0.05, 0.1) is 17.6 Å². The molecular weight excluding hydrogens is 262 g/mol. The van der Waals surface area contributed by atoms with Gasteiger partial charge in [0, 0.05) is 6.04 Å². The molecular formula is C14H21NO3S. The average Bonchev–Trinajstić information content (AvgIpc) is 2.76. The summed E-state index contributed by atoms with van der Waals surface area (Å²) in [6, 6.07) is 5.63. The zero-order valence-corrected chi connectivity index (χ0v) is 12.6. The van der Waals surface area contributed by atoms with Crippen LogP contribution in [-0.2, 0) is 16.3 Å². The smallest absolute Gasteiger partial charge is 0.157 e. The molecule has 19 heavy (non-hydrogen) atoms. The van der Waals surface area contributed by atoms with Gasteiger partial charge in [0.15, 0.2) is 9.84 Å². The van der Waals surface area contributed by atoms with Crippen molar-refractivity contribution in [1.82, 2.24) is 5.32 Å². The first-order valence-corrected chi connectivity index (χ1v) is 8.09. The largest absolute Gasteiger partial charge is 0.497 e.